The first-order valence-electron chi connectivity index (χ1n) is 15.9. The van der Waals surface area contributed by atoms with E-state index >= 15 is 0 Å². The van der Waals surface area contributed by atoms with Crippen molar-refractivity contribution < 1.29 is 80.4 Å². The first kappa shape index (κ1) is 34.7. The van der Waals surface area contributed by atoms with Gasteiger partial charge in [0.05, 0.1) is 47.2 Å². The Morgan fingerprint density at radius 1 is 0.766 bits per heavy atom. The summed E-state index contributed by atoms with van der Waals surface area (Å²) < 4.78 is 36.0. The summed E-state index contributed by atoms with van der Waals surface area (Å²) in [4.78, 5) is 12.4. The summed E-state index contributed by atoms with van der Waals surface area (Å²) >= 11 is 0. The van der Waals surface area contributed by atoms with Crippen LogP contribution in [0.2, 0.25) is 0 Å². The molecule has 3 fully saturated rings. The Labute approximate surface area is 321 Å². The van der Waals surface area contributed by atoms with Crippen LogP contribution in [-0.4, -0.2) is 37.6 Å². The van der Waals surface area contributed by atoms with Gasteiger partial charge in [0.15, 0.2) is 0 Å². The number of hydrogen-bond donors (Lipinski definition) is 0. The van der Waals surface area contributed by atoms with Gasteiger partial charge in [-0.05, 0) is 124 Å². The van der Waals surface area contributed by atoms with Gasteiger partial charge >= 0.3 is 29.6 Å². The van der Waals surface area contributed by atoms with E-state index in [1.165, 1.54) is 53.8 Å². The number of Topliss-reactive ketones (excluding diaryl/α,β-unsaturated/α-hetero) is 1. The Bertz CT molecular complexity index is 1900. The average Bonchev–Trinajstić information content (AvgIpc) is 3.55. The van der Waals surface area contributed by atoms with Gasteiger partial charge in [0, 0.05) is 42.9 Å². The van der Waals surface area contributed by atoms with Crippen LogP contribution in [0, 0.1) is 53.6 Å². The first-order valence-corrected chi connectivity index (χ1v) is 15.9. The molecule has 6 nitrogen and oxygen atoms in total. The minimum Gasteiger partial charge on any atom is -1.00 e. The fraction of sp³-hybridized carbons (Fsp3) is 0.378. The van der Waals surface area contributed by atoms with Gasteiger partial charge in [-0.2, -0.15) is 10.2 Å². The Kier molecular flexibility index (Phi) is 9.58. The largest absolute Gasteiger partial charge is 1.00 e. The van der Waals surface area contributed by atoms with Crippen LogP contribution < -0.4 is 29.6 Å². The molecule has 5 aliphatic rings. The molecule has 1 spiro atoms. The molecule has 4 aliphatic carbocycles. The molecule has 0 N–H and O–H groups in total. The van der Waals surface area contributed by atoms with Crippen molar-refractivity contribution in [3.8, 4) is 11.4 Å². The number of benzene rings is 2. The molecule has 1 unspecified atom stereocenters. The van der Waals surface area contributed by atoms with Gasteiger partial charge in [0.2, 0.25) is 0 Å². The Morgan fingerprint density at radius 2 is 1.28 bits per heavy atom. The van der Waals surface area contributed by atoms with E-state index in [-0.39, 0.29) is 90.2 Å². The van der Waals surface area contributed by atoms with Crippen molar-refractivity contribution in [1.29, 1.82) is 0 Å². The number of ketones is 1. The molecule has 4 aromatic rings. The van der Waals surface area contributed by atoms with Crippen molar-refractivity contribution in [2.75, 3.05) is 6.61 Å². The third kappa shape index (κ3) is 5.83. The third-order valence-electron chi connectivity index (χ3n) is 11.0. The molecule has 0 radical (unpaired) electrons. The molecule has 2 aromatic carbocycles. The third-order valence-corrected chi connectivity index (χ3v) is 11.0. The predicted molar refractivity (Wildman–Crippen MR) is 169 cm³/mol. The van der Waals surface area contributed by atoms with E-state index in [9.17, 15) is 13.6 Å². The second-order valence-electron chi connectivity index (χ2n) is 13.7. The maximum absolute atomic E-state index is 13.2. The summed E-state index contributed by atoms with van der Waals surface area (Å²) in [5.41, 5.74) is 8.76. The van der Waals surface area contributed by atoms with Crippen LogP contribution in [0.3, 0.4) is 0 Å². The van der Waals surface area contributed by atoms with Gasteiger partial charge in [-0.15, -0.1) is 0 Å². The Hall–Kier alpha value is -2.12. The quantitative estimate of drug-likeness (QED) is 0.216. The van der Waals surface area contributed by atoms with Crippen molar-refractivity contribution in [1.82, 2.24) is 19.6 Å². The van der Waals surface area contributed by atoms with Crippen molar-refractivity contribution >= 4 is 17.9 Å². The summed E-state index contributed by atoms with van der Waals surface area (Å²) in [5, 5.41) is 9.01. The smallest absolute Gasteiger partial charge is 1.00 e. The molecule has 1 aliphatic heterocycles. The Morgan fingerprint density at radius 3 is 1.83 bits per heavy atom. The molecule has 236 valence electrons. The molecule has 0 bridgehead atoms. The van der Waals surface area contributed by atoms with E-state index in [0.717, 1.165) is 60.6 Å². The second-order valence-corrected chi connectivity index (χ2v) is 13.7. The number of allylic oxidation sites excluding steroid dienone is 1. The zero-order chi connectivity index (χ0) is 31.0. The van der Waals surface area contributed by atoms with Crippen molar-refractivity contribution in [3.05, 3.63) is 106 Å². The standard InChI is InChI=1S/C19H19FN2O.C18H17FN2O.Na.U.H/c1-18-10-13-11-21-22(16-6-4-15(20)5-7-16)17(13)9-14(18)3-2-8-19(18)12-23-19;1-18-10-12-11-20-21(15-7-5-14(19)6-8-15)16(12)9-13(18)3-2-4-17(18)22;;;/h4-7,9,11H,2-3,8,10,12H2,1H3;5-9,11H,2-4,10H2,1H3;;;/q;;+1;;-1/t18-,19?;18-;;;/m11.../s1. The summed E-state index contributed by atoms with van der Waals surface area (Å²) in [6.45, 7) is 5.30. The monoisotopic (exact) mass is 868 g/mol. The number of hydrogen-bond acceptors (Lipinski definition) is 4. The number of ether oxygens (including phenoxy) is 1. The van der Waals surface area contributed by atoms with E-state index < -0.39 is 0 Å². The molecule has 3 heterocycles. The van der Waals surface area contributed by atoms with Crippen molar-refractivity contribution in [3.63, 3.8) is 0 Å². The van der Waals surface area contributed by atoms with Gasteiger partial charge in [-0.25, -0.2) is 18.1 Å². The number of aromatic nitrogens is 4. The van der Waals surface area contributed by atoms with Crippen molar-refractivity contribution in [2.24, 2.45) is 10.8 Å². The summed E-state index contributed by atoms with van der Waals surface area (Å²) in [6, 6.07) is 12.8. The van der Waals surface area contributed by atoms with Crippen LogP contribution in [0.5, 0.6) is 0 Å². The zero-order valence-corrected chi connectivity index (χ0v) is 33.3. The number of nitrogens with zero attached hydrogens (tertiary/aromatic N) is 4. The van der Waals surface area contributed by atoms with Gasteiger partial charge in [0.1, 0.15) is 23.0 Å². The topological polar surface area (TPSA) is 65.2 Å². The maximum atomic E-state index is 13.2. The van der Waals surface area contributed by atoms with Crippen LogP contribution in [0.1, 0.15) is 76.3 Å². The van der Waals surface area contributed by atoms with Gasteiger partial charge in [-0.3, -0.25) is 4.79 Å². The molecule has 0 amide bonds. The molecule has 47 heavy (non-hydrogen) atoms. The molecule has 2 saturated carbocycles. The summed E-state index contributed by atoms with van der Waals surface area (Å²) in [7, 11) is 0. The fourth-order valence-corrected chi connectivity index (χ4v) is 8.11. The van der Waals surface area contributed by atoms with Crippen LogP contribution in [-0.2, 0) is 22.4 Å². The Balaban J connectivity index is 0.000000177. The molecular weight excluding hydrogens is 831 g/mol. The molecule has 1 saturated heterocycles. The SMILES string of the molecule is C[C@@]12Cc3cnn(-c4ccc(F)cc4)c3C=C1CCCC21CO1.C[C@@]12Cc3cnn(-c4ccc(F)cc4)c3C=C1CCCC2=O.[H-].[Na+].[U]. The van der Waals surface area contributed by atoms with Crippen LogP contribution >= 0.6 is 0 Å². The first-order chi connectivity index (χ1) is 21.7. The van der Waals surface area contributed by atoms with Crippen LogP contribution in [0.25, 0.3) is 23.5 Å². The summed E-state index contributed by atoms with van der Waals surface area (Å²) in [5.74, 6) is -0.139. The number of epoxide rings is 1. The molecular formula is C37H37F2N4NaO2U. The summed E-state index contributed by atoms with van der Waals surface area (Å²) in [6.07, 6.45) is 16.0. The van der Waals surface area contributed by atoms with E-state index in [2.05, 4.69) is 36.2 Å². The predicted octanol–water partition coefficient (Wildman–Crippen LogP) is 4.74. The number of rotatable bonds is 2. The van der Waals surface area contributed by atoms with Crippen molar-refractivity contribution in [2.45, 2.75) is 70.8 Å². The number of carbonyl (C=O) groups excluding carboxylic acids is 1. The number of fused-ring (bicyclic) bond motifs is 5. The molecule has 10 heteroatoms. The van der Waals surface area contributed by atoms with Gasteiger partial charge in [0.25, 0.3) is 0 Å². The normalized spacial score (nSPS) is 26.5. The van der Waals surface area contributed by atoms with Gasteiger partial charge in [-0.1, -0.05) is 18.1 Å². The van der Waals surface area contributed by atoms with Gasteiger partial charge < -0.3 is 6.16 Å². The average molecular weight is 869 g/mol. The number of halogens is 2. The molecule has 3 atom stereocenters. The van der Waals surface area contributed by atoms with E-state index in [0.29, 0.717) is 18.6 Å². The maximum Gasteiger partial charge on any atom is 1.00 e. The molecule has 9 rings (SSSR count). The number of carbonyl (C=O) groups is 1. The fourth-order valence-electron chi connectivity index (χ4n) is 8.11. The van der Waals surface area contributed by atoms with Crippen LogP contribution in [0.15, 0.2) is 72.1 Å². The minimum atomic E-state index is -0.359. The van der Waals surface area contributed by atoms with E-state index in [1.54, 1.807) is 24.3 Å². The molecule has 2 aromatic heterocycles. The zero-order valence-electron chi connectivity index (χ0n) is 28.2. The van der Waals surface area contributed by atoms with E-state index in [1.807, 2.05) is 21.8 Å². The second kappa shape index (κ2) is 13.0. The minimum absolute atomic E-state index is 0. The van der Waals surface area contributed by atoms with Crippen LogP contribution in [0.4, 0.5) is 8.78 Å². The van der Waals surface area contributed by atoms with E-state index in [4.69, 9.17) is 4.74 Å².